The maximum absolute atomic E-state index is 14.1. The minimum absolute atomic E-state index is 0.0723. The molecule has 12 nitrogen and oxygen atoms in total. The van der Waals surface area contributed by atoms with Gasteiger partial charge in [0.2, 0.25) is 5.91 Å². The molecule has 4 amide bonds. The van der Waals surface area contributed by atoms with Gasteiger partial charge in [0.15, 0.2) is 0 Å². The predicted molar refractivity (Wildman–Crippen MR) is 191 cm³/mol. The van der Waals surface area contributed by atoms with Crippen molar-refractivity contribution in [1.82, 2.24) is 20.1 Å². The average molecular weight is 695 g/mol. The van der Waals surface area contributed by atoms with Crippen molar-refractivity contribution in [2.45, 2.75) is 38.0 Å². The fourth-order valence-electron chi connectivity index (χ4n) is 7.19. The number of hydrogen-bond acceptors (Lipinski definition) is 9. The monoisotopic (exact) mass is 694 g/mol. The second-order valence-corrected chi connectivity index (χ2v) is 14.0. The zero-order chi connectivity index (χ0) is 34.2. The molecular formula is C37H38N6O6S. The predicted octanol–water partition coefficient (Wildman–Crippen LogP) is 5.46. The first kappa shape index (κ1) is 32.4. The molecule has 6 heterocycles. The van der Waals surface area contributed by atoms with Crippen LogP contribution in [-0.2, 0) is 14.3 Å². The summed E-state index contributed by atoms with van der Waals surface area (Å²) in [7, 11) is 0. The van der Waals surface area contributed by atoms with E-state index in [1.54, 1.807) is 28.1 Å². The van der Waals surface area contributed by atoms with E-state index < -0.39 is 0 Å². The van der Waals surface area contributed by atoms with E-state index in [0.29, 0.717) is 76.5 Å². The second kappa shape index (κ2) is 13.8. The number of aryl methyl sites for hydroxylation is 1. The van der Waals surface area contributed by atoms with Crippen molar-refractivity contribution in [3.8, 4) is 11.5 Å². The van der Waals surface area contributed by atoms with Crippen LogP contribution in [0.2, 0.25) is 0 Å². The first-order chi connectivity index (χ1) is 24.4. The third-order valence-corrected chi connectivity index (χ3v) is 10.6. The summed E-state index contributed by atoms with van der Waals surface area (Å²) in [6.45, 7) is 6.44. The van der Waals surface area contributed by atoms with E-state index in [1.807, 2.05) is 61.5 Å². The Labute approximate surface area is 293 Å². The summed E-state index contributed by atoms with van der Waals surface area (Å²) < 4.78 is 17.6. The number of ether oxygens (including phenoxy) is 3. The minimum atomic E-state index is -0.369. The zero-order valence-electron chi connectivity index (χ0n) is 27.7. The largest absolute Gasteiger partial charge is 0.457 e. The van der Waals surface area contributed by atoms with Gasteiger partial charge in [-0.3, -0.25) is 19.4 Å². The molecule has 0 unspecified atom stereocenters. The van der Waals surface area contributed by atoms with Gasteiger partial charge in [0.05, 0.1) is 47.9 Å². The summed E-state index contributed by atoms with van der Waals surface area (Å²) in [5.41, 5.74) is 2.53. The first-order valence-corrected chi connectivity index (χ1v) is 17.8. The van der Waals surface area contributed by atoms with Crippen molar-refractivity contribution in [2.75, 3.05) is 56.2 Å². The normalized spacial score (nSPS) is 22.1. The Morgan fingerprint density at radius 2 is 1.86 bits per heavy atom. The number of piperidine rings is 1. The highest BCUT2D eigenvalue weighted by Gasteiger charge is 2.37. The summed E-state index contributed by atoms with van der Waals surface area (Å²) >= 11 is 1.25. The fraction of sp³-hybridized carbons (Fsp3) is 0.351. The van der Waals surface area contributed by atoms with Crippen LogP contribution in [-0.4, -0.2) is 96.8 Å². The Bertz CT molecular complexity index is 1950. The number of nitrogens with one attached hydrogen (secondary N) is 2. The SMILES string of the molecule is Cc1cc(Oc2ccccc2)ccc1N1C(=O)Nc2ccnc3sc(C(=O)N[C@@H]4CCCN(C(=O)/C=C/CN5C[C@@H]6OCCO[C@@H]6C5)C4)c1c23. The van der Waals surface area contributed by atoms with Crippen molar-refractivity contribution < 1.29 is 28.6 Å². The number of benzene rings is 2. The van der Waals surface area contributed by atoms with Gasteiger partial charge >= 0.3 is 6.03 Å². The summed E-state index contributed by atoms with van der Waals surface area (Å²) in [6.07, 6.45) is 6.87. The molecule has 0 saturated carbocycles. The van der Waals surface area contributed by atoms with Gasteiger partial charge in [-0.25, -0.2) is 9.78 Å². The molecule has 2 aromatic carbocycles. The maximum atomic E-state index is 14.1. The third kappa shape index (κ3) is 6.44. The van der Waals surface area contributed by atoms with Crippen LogP contribution in [0.4, 0.5) is 21.9 Å². The van der Waals surface area contributed by atoms with Crippen LogP contribution in [0.5, 0.6) is 11.5 Å². The summed E-state index contributed by atoms with van der Waals surface area (Å²) in [6, 6.07) is 16.1. The Morgan fingerprint density at radius 1 is 1.06 bits per heavy atom. The zero-order valence-corrected chi connectivity index (χ0v) is 28.5. The minimum Gasteiger partial charge on any atom is -0.457 e. The average Bonchev–Trinajstić information content (AvgIpc) is 3.72. The lowest BCUT2D eigenvalue weighted by molar-refractivity contribution is -0.127. The molecule has 8 rings (SSSR count). The summed E-state index contributed by atoms with van der Waals surface area (Å²) in [4.78, 5) is 52.1. The highest BCUT2D eigenvalue weighted by molar-refractivity contribution is 7.21. The van der Waals surface area contributed by atoms with Crippen molar-refractivity contribution in [3.05, 3.63) is 83.4 Å². The van der Waals surface area contributed by atoms with Crippen LogP contribution in [0.1, 0.15) is 28.1 Å². The van der Waals surface area contributed by atoms with Gasteiger partial charge in [0.25, 0.3) is 5.91 Å². The number of hydrogen-bond donors (Lipinski definition) is 2. The number of fused-ring (bicyclic) bond motifs is 1. The van der Waals surface area contributed by atoms with E-state index in [4.69, 9.17) is 14.2 Å². The number of amides is 4. The molecule has 3 saturated heterocycles. The number of para-hydroxylation sites is 1. The quantitative estimate of drug-likeness (QED) is 0.233. The molecule has 13 heteroatoms. The topological polar surface area (TPSA) is 126 Å². The van der Waals surface area contributed by atoms with Crippen LogP contribution < -0.4 is 20.3 Å². The molecule has 3 atom stereocenters. The highest BCUT2D eigenvalue weighted by atomic mass is 32.1. The lowest BCUT2D eigenvalue weighted by Crippen LogP contribution is -2.49. The Balaban J connectivity index is 0.982. The molecule has 0 bridgehead atoms. The number of anilines is 3. The van der Waals surface area contributed by atoms with Gasteiger partial charge in [0, 0.05) is 51.0 Å². The van der Waals surface area contributed by atoms with E-state index in [-0.39, 0.29) is 36.1 Å². The molecule has 4 aliphatic heterocycles. The van der Waals surface area contributed by atoms with Gasteiger partial charge in [-0.2, -0.15) is 0 Å². The van der Waals surface area contributed by atoms with Crippen LogP contribution >= 0.6 is 11.3 Å². The van der Waals surface area contributed by atoms with E-state index in [0.717, 1.165) is 31.5 Å². The van der Waals surface area contributed by atoms with Crippen LogP contribution in [0.15, 0.2) is 72.9 Å². The number of nitrogens with zero attached hydrogens (tertiary/aromatic N) is 4. The fourth-order valence-corrected chi connectivity index (χ4v) is 8.25. The third-order valence-electron chi connectivity index (χ3n) is 9.56. The Hall–Kier alpha value is -4.82. The standard InChI is InChI=1S/C37H38N6O6S/c1-23-19-26(49-25-8-3-2-4-9-25)11-12-28(23)43-33-32-27(40-37(43)46)13-14-38-36(32)50-34(33)35(45)39-24-7-5-16-42(20-24)31(44)10-6-15-41-21-29-30(22-41)48-18-17-47-29/h2-4,6,8-14,19,24,29-30H,5,7,15-18,20-22H2,1H3,(H,39,45)(H,40,46)/b10-6+/t24-,29-,30+/m1/s1. The number of urea groups is 1. The molecule has 0 radical (unpaired) electrons. The van der Waals surface area contributed by atoms with Crippen molar-refractivity contribution in [2.24, 2.45) is 0 Å². The van der Waals surface area contributed by atoms with Gasteiger partial charge < -0.3 is 29.7 Å². The van der Waals surface area contributed by atoms with Crippen LogP contribution in [0.3, 0.4) is 0 Å². The Morgan fingerprint density at radius 3 is 2.64 bits per heavy atom. The van der Waals surface area contributed by atoms with E-state index in [2.05, 4.69) is 20.5 Å². The first-order valence-electron chi connectivity index (χ1n) is 17.0. The van der Waals surface area contributed by atoms with E-state index in [9.17, 15) is 14.4 Å². The number of carbonyl (C=O) groups excluding carboxylic acids is 3. The molecule has 4 aromatic rings. The van der Waals surface area contributed by atoms with Crippen LogP contribution in [0, 0.1) is 6.92 Å². The van der Waals surface area contributed by atoms with Gasteiger partial charge in [-0.15, -0.1) is 11.3 Å². The number of rotatable bonds is 8. The highest BCUT2D eigenvalue weighted by Crippen LogP contribution is 2.48. The molecule has 0 spiro atoms. The van der Waals surface area contributed by atoms with Gasteiger partial charge in [0.1, 0.15) is 21.2 Å². The van der Waals surface area contributed by atoms with Crippen LogP contribution in [0.25, 0.3) is 10.2 Å². The molecule has 258 valence electrons. The lowest BCUT2D eigenvalue weighted by atomic mass is 10.0. The summed E-state index contributed by atoms with van der Waals surface area (Å²) in [5.74, 6) is 0.967. The van der Waals surface area contributed by atoms with E-state index >= 15 is 0 Å². The molecule has 2 aromatic heterocycles. The van der Waals surface area contributed by atoms with E-state index in [1.165, 1.54) is 11.3 Å². The molecule has 0 aliphatic carbocycles. The lowest BCUT2D eigenvalue weighted by Gasteiger charge is -2.33. The van der Waals surface area contributed by atoms with Gasteiger partial charge in [-0.05, 0) is 61.7 Å². The van der Waals surface area contributed by atoms with Gasteiger partial charge in [-0.1, -0.05) is 24.3 Å². The maximum Gasteiger partial charge on any atom is 0.331 e. The smallest absolute Gasteiger partial charge is 0.331 e. The van der Waals surface area contributed by atoms with Crippen molar-refractivity contribution in [1.29, 1.82) is 0 Å². The number of likely N-dealkylation sites (tertiary alicyclic amines) is 2. The van der Waals surface area contributed by atoms with Crippen molar-refractivity contribution >= 4 is 56.5 Å². The molecule has 2 N–H and O–H groups in total. The molecule has 4 aliphatic rings. The summed E-state index contributed by atoms with van der Waals surface area (Å²) in [5, 5.41) is 6.87. The number of aromatic nitrogens is 1. The second-order valence-electron chi connectivity index (χ2n) is 13.0. The molecular weight excluding hydrogens is 657 g/mol. The number of pyridine rings is 1. The molecule has 3 fully saturated rings. The number of carbonyl (C=O) groups is 3. The van der Waals surface area contributed by atoms with Crippen molar-refractivity contribution in [3.63, 3.8) is 0 Å². The Kier molecular flexibility index (Phi) is 8.96. The number of thiophene rings is 1. The molecule has 50 heavy (non-hydrogen) atoms.